The van der Waals surface area contributed by atoms with Gasteiger partial charge in [-0.3, -0.25) is 4.90 Å². The standard InChI is InChI=1S/C41H68N2O6/c1-9-46-34(36(5,6)45)26-18-24(2)31-32(48-26)33(44)38(8)28-11-10-27-35(3,4)29(12-13-39(27)22-40(28,39)15-14-37(31,38)7)49-30-21-43(16-17-47-30)41-19-25(41)20-42-23-41/h24-34,42,44-45H,9-23H2,1-8H3/t24-,25?,26-,27+,28+,29+,30+,31+,32+,33+,34+,37-,38-,39-,40+,41?/m1/s1. The molecule has 278 valence electrons. The van der Waals surface area contributed by atoms with E-state index in [-0.39, 0.29) is 40.8 Å². The number of hydrogen-bond donors (Lipinski definition) is 3. The highest BCUT2D eigenvalue weighted by atomic mass is 16.7. The molecule has 0 bridgehead atoms. The number of nitrogens with one attached hydrogen (secondary N) is 1. The van der Waals surface area contributed by atoms with Crippen LogP contribution < -0.4 is 5.32 Å². The van der Waals surface area contributed by atoms with Crippen LogP contribution in [0.1, 0.15) is 113 Å². The minimum absolute atomic E-state index is 0.0266. The minimum atomic E-state index is -1.01. The van der Waals surface area contributed by atoms with Crippen LogP contribution in [0.3, 0.4) is 0 Å². The molecule has 2 spiro atoms. The number of piperidine rings is 1. The molecule has 9 fully saturated rings. The molecule has 6 aliphatic carbocycles. The summed E-state index contributed by atoms with van der Waals surface area (Å²) in [5, 5.41) is 27.4. The van der Waals surface area contributed by atoms with Gasteiger partial charge in [0.25, 0.3) is 0 Å². The van der Waals surface area contributed by atoms with Crippen molar-refractivity contribution in [3.8, 4) is 0 Å². The third-order valence-electron chi connectivity index (χ3n) is 18.1. The summed E-state index contributed by atoms with van der Waals surface area (Å²) < 4.78 is 26.5. The highest BCUT2D eigenvalue weighted by molar-refractivity contribution is 5.33. The van der Waals surface area contributed by atoms with Crippen LogP contribution in [-0.2, 0) is 18.9 Å². The van der Waals surface area contributed by atoms with Crippen LogP contribution in [0.2, 0.25) is 0 Å². The maximum absolute atomic E-state index is 12.6. The van der Waals surface area contributed by atoms with Crippen molar-refractivity contribution in [2.45, 2.75) is 161 Å². The number of morpholine rings is 1. The zero-order chi connectivity index (χ0) is 34.6. The van der Waals surface area contributed by atoms with Crippen LogP contribution in [0, 0.1) is 56.7 Å². The highest BCUT2D eigenvalue weighted by Crippen LogP contribution is 2.89. The topological polar surface area (TPSA) is 92.7 Å². The Hall–Kier alpha value is -0.320. The van der Waals surface area contributed by atoms with E-state index in [1.165, 1.54) is 51.5 Å². The van der Waals surface area contributed by atoms with Gasteiger partial charge in [0.2, 0.25) is 0 Å². The van der Waals surface area contributed by atoms with Crippen LogP contribution in [0.25, 0.3) is 0 Å². The van der Waals surface area contributed by atoms with E-state index in [1.54, 1.807) is 0 Å². The van der Waals surface area contributed by atoms with Gasteiger partial charge in [0.05, 0.1) is 43.2 Å². The highest BCUT2D eigenvalue weighted by Gasteiger charge is 2.84. The Morgan fingerprint density at radius 2 is 1.80 bits per heavy atom. The van der Waals surface area contributed by atoms with E-state index in [1.807, 2.05) is 20.8 Å². The largest absolute Gasteiger partial charge is 0.390 e. The van der Waals surface area contributed by atoms with E-state index in [0.717, 1.165) is 45.0 Å². The maximum Gasteiger partial charge on any atom is 0.170 e. The van der Waals surface area contributed by atoms with Crippen molar-refractivity contribution in [2.75, 3.05) is 39.4 Å². The molecule has 0 aromatic heterocycles. The molecule has 8 heteroatoms. The second-order valence-corrected chi connectivity index (χ2v) is 20.6. The summed E-state index contributed by atoms with van der Waals surface area (Å²) in [7, 11) is 0. The maximum atomic E-state index is 12.6. The number of aliphatic hydroxyl groups excluding tert-OH is 1. The van der Waals surface area contributed by atoms with E-state index in [9.17, 15) is 10.2 Å². The van der Waals surface area contributed by atoms with E-state index in [4.69, 9.17) is 18.9 Å². The number of fused-ring (bicyclic) bond motifs is 5. The lowest BCUT2D eigenvalue weighted by Gasteiger charge is -2.64. The lowest BCUT2D eigenvalue weighted by atomic mass is 9.41. The molecule has 3 heterocycles. The average Bonchev–Trinajstić information content (AvgIpc) is 3.87. The third-order valence-corrected chi connectivity index (χ3v) is 18.1. The third kappa shape index (κ3) is 4.38. The summed E-state index contributed by atoms with van der Waals surface area (Å²) in [4.78, 5) is 2.70. The molecule has 3 saturated heterocycles. The average molecular weight is 685 g/mol. The second-order valence-electron chi connectivity index (χ2n) is 20.6. The summed E-state index contributed by atoms with van der Waals surface area (Å²) in [6, 6.07) is 0. The Morgan fingerprint density at radius 1 is 1.04 bits per heavy atom. The zero-order valence-corrected chi connectivity index (χ0v) is 31.9. The summed E-state index contributed by atoms with van der Waals surface area (Å²) in [6.07, 6.45) is 9.55. The summed E-state index contributed by atoms with van der Waals surface area (Å²) in [5.41, 5.74) is -0.0346. The molecule has 0 amide bonds. The normalized spacial score (nSPS) is 56.4. The van der Waals surface area contributed by atoms with Gasteiger partial charge >= 0.3 is 0 Å². The number of ether oxygens (including phenoxy) is 4. The molecule has 3 N–H and O–H groups in total. The molecule has 0 radical (unpaired) electrons. The predicted octanol–water partition coefficient (Wildman–Crippen LogP) is 5.38. The van der Waals surface area contributed by atoms with E-state index in [0.29, 0.717) is 46.6 Å². The van der Waals surface area contributed by atoms with Gasteiger partial charge in [-0.1, -0.05) is 34.6 Å². The first-order valence-electron chi connectivity index (χ1n) is 20.5. The SMILES string of the molecule is CCO[C@@H]([C@H]1C[C@@H](C)[C@H]2[C@H](O1)[C@H](O)[C@@]1(C)[C@@H]3CC[C@H]4C(C)(C)[C@@H](O[C@H]5CN(C67CNCC6C7)CCO5)CC[C@@]45C[C@@]35CC[C@]21C)C(C)(C)O. The molecule has 9 rings (SSSR count). The van der Waals surface area contributed by atoms with Gasteiger partial charge in [-0.25, -0.2) is 0 Å². The number of aliphatic hydroxyl groups is 2. The Morgan fingerprint density at radius 3 is 2.49 bits per heavy atom. The van der Waals surface area contributed by atoms with Gasteiger partial charge in [-0.05, 0) is 136 Å². The van der Waals surface area contributed by atoms with Crippen molar-refractivity contribution in [3.63, 3.8) is 0 Å². The Bertz CT molecular complexity index is 1320. The fourth-order valence-corrected chi connectivity index (χ4v) is 15.8. The molecule has 6 saturated carbocycles. The number of rotatable bonds is 7. The first-order chi connectivity index (χ1) is 23.1. The van der Waals surface area contributed by atoms with Gasteiger partial charge in [0.1, 0.15) is 6.10 Å². The summed E-state index contributed by atoms with van der Waals surface area (Å²) >= 11 is 0. The summed E-state index contributed by atoms with van der Waals surface area (Å²) in [5.74, 6) is 2.69. The first-order valence-corrected chi connectivity index (χ1v) is 20.5. The molecular weight excluding hydrogens is 616 g/mol. The van der Waals surface area contributed by atoms with Gasteiger partial charge in [-0.15, -0.1) is 0 Å². The van der Waals surface area contributed by atoms with Crippen LogP contribution in [0.4, 0.5) is 0 Å². The number of hydrogen-bond acceptors (Lipinski definition) is 8. The van der Waals surface area contributed by atoms with Gasteiger partial charge < -0.3 is 34.5 Å². The zero-order valence-electron chi connectivity index (χ0n) is 31.9. The van der Waals surface area contributed by atoms with Crippen LogP contribution in [0.5, 0.6) is 0 Å². The van der Waals surface area contributed by atoms with E-state index in [2.05, 4.69) is 44.8 Å². The Kier molecular flexibility index (Phi) is 7.66. The Labute approximate surface area is 296 Å². The molecule has 0 aromatic rings. The first kappa shape index (κ1) is 34.4. The minimum Gasteiger partial charge on any atom is -0.390 e. The lowest BCUT2D eigenvalue weighted by molar-refractivity contribution is -0.252. The van der Waals surface area contributed by atoms with Gasteiger partial charge in [0.15, 0.2) is 6.29 Å². The summed E-state index contributed by atoms with van der Waals surface area (Å²) in [6.45, 7) is 23.6. The quantitative estimate of drug-likeness (QED) is 0.330. The second kappa shape index (κ2) is 10.9. The predicted molar refractivity (Wildman–Crippen MR) is 188 cm³/mol. The molecule has 2 unspecified atom stereocenters. The fraction of sp³-hybridized carbons (Fsp3) is 1.00. The van der Waals surface area contributed by atoms with Crippen molar-refractivity contribution in [2.24, 2.45) is 56.7 Å². The van der Waals surface area contributed by atoms with Gasteiger partial charge in [0, 0.05) is 30.7 Å². The van der Waals surface area contributed by atoms with Crippen molar-refractivity contribution in [3.05, 3.63) is 0 Å². The Balaban J connectivity index is 0.943. The smallest absolute Gasteiger partial charge is 0.170 e. The lowest BCUT2D eigenvalue weighted by Crippen LogP contribution is -2.60. The molecule has 16 atom stereocenters. The molecular formula is C41H68N2O6. The molecule has 3 aliphatic heterocycles. The van der Waals surface area contributed by atoms with Crippen LogP contribution in [-0.4, -0.2) is 102 Å². The van der Waals surface area contributed by atoms with Crippen molar-refractivity contribution in [1.29, 1.82) is 0 Å². The van der Waals surface area contributed by atoms with Crippen LogP contribution >= 0.6 is 0 Å². The fourth-order valence-electron chi connectivity index (χ4n) is 15.8. The monoisotopic (exact) mass is 685 g/mol. The van der Waals surface area contributed by atoms with E-state index < -0.39 is 17.8 Å². The molecule has 0 aromatic carbocycles. The van der Waals surface area contributed by atoms with Crippen molar-refractivity contribution < 1.29 is 29.2 Å². The van der Waals surface area contributed by atoms with Gasteiger partial charge in [-0.2, -0.15) is 0 Å². The van der Waals surface area contributed by atoms with Crippen molar-refractivity contribution in [1.82, 2.24) is 10.2 Å². The molecule has 8 nitrogen and oxygen atoms in total. The van der Waals surface area contributed by atoms with Crippen LogP contribution in [0.15, 0.2) is 0 Å². The molecule has 49 heavy (non-hydrogen) atoms. The van der Waals surface area contributed by atoms with E-state index >= 15 is 0 Å². The number of nitrogens with zero attached hydrogens (tertiary/aromatic N) is 1. The van der Waals surface area contributed by atoms with Crippen molar-refractivity contribution >= 4 is 0 Å². The molecule has 9 aliphatic rings.